The summed E-state index contributed by atoms with van der Waals surface area (Å²) in [6, 6.07) is -0.224. The minimum atomic E-state index is -0.478. The fourth-order valence-electron chi connectivity index (χ4n) is 4.24. The molecule has 7 nitrogen and oxygen atoms in total. The molecule has 0 spiro atoms. The predicted molar refractivity (Wildman–Crippen MR) is 86.5 cm³/mol. The van der Waals surface area contributed by atoms with Gasteiger partial charge in [0.15, 0.2) is 0 Å². The highest BCUT2D eigenvalue weighted by Gasteiger charge is 2.45. The van der Waals surface area contributed by atoms with E-state index in [-0.39, 0.29) is 23.9 Å². The summed E-state index contributed by atoms with van der Waals surface area (Å²) in [7, 11) is 0. The van der Waals surface area contributed by atoms with Crippen LogP contribution in [0.2, 0.25) is 0 Å². The molecule has 3 unspecified atom stereocenters. The molecule has 3 aliphatic rings. The Labute approximate surface area is 140 Å². The lowest BCUT2D eigenvalue weighted by molar-refractivity contribution is -0.134. The van der Waals surface area contributed by atoms with Gasteiger partial charge in [0.25, 0.3) is 5.91 Å². The van der Waals surface area contributed by atoms with Crippen LogP contribution in [-0.4, -0.2) is 45.3 Å². The summed E-state index contributed by atoms with van der Waals surface area (Å²) in [6.07, 6.45) is 9.04. The average molecular weight is 327 g/mol. The second kappa shape index (κ2) is 5.89. The van der Waals surface area contributed by atoms with Crippen molar-refractivity contribution in [3.05, 3.63) is 35.6 Å². The Kier molecular flexibility index (Phi) is 3.70. The Morgan fingerprint density at radius 2 is 2.12 bits per heavy atom. The van der Waals surface area contributed by atoms with Crippen molar-refractivity contribution in [2.24, 2.45) is 0 Å². The largest absolute Gasteiger partial charge is 0.382 e. The zero-order chi connectivity index (χ0) is 16.7. The molecule has 1 aromatic heterocycles. The third kappa shape index (κ3) is 2.35. The van der Waals surface area contributed by atoms with E-state index in [1.165, 1.54) is 0 Å². The molecule has 1 aromatic rings. The van der Waals surface area contributed by atoms with Crippen LogP contribution in [0.1, 0.15) is 44.3 Å². The first-order valence-corrected chi connectivity index (χ1v) is 8.49. The summed E-state index contributed by atoms with van der Waals surface area (Å²) in [5.41, 5.74) is 2.15. The van der Waals surface area contributed by atoms with Crippen molar-refractivity contribution in [3.8, 4) is 0 Å². The van der Waals surface area contributed by atoms with Crippen molar-refractivity contribution in [1.29, 1.82) is 0 Å². The van der Waals surface area contributed by atoms with Crippen molar-refractivity contribution in [2.45, 2.75) is 50.7 Å². The van der Waals surface area contributed by atoms with Crippen molar-refractivity contribution >= 4 is 11.8 Å². The van der Waals surface area contributed by atoms with E-state index < -0.39 is 6.04 Å². The van der Waals surface area contributed by atoms with Crippen LogP contribution < -0.4 is 10.6 Å². The molecule has 1 fully saturated rings. The van der Waals surface area contributed by atoms with Crippen molar-refractivity contribution < 1.29 is 9.59 Å². The van der Waals surface area contributed by atoms with Crippen LogP contribution in [0.5, 0.6) is 0 Å². The maximum atomic E-state index is 12.6. The molecule has 3 atom stereocenters. The molecule has 4 rings (SSSR count). The molecular formula is C17H21N5O2. The average Bonchev–Trinajstić information content (AvgIpc) is 2.87. The molecule has 0 radical (unpaired) electrons. The molecule has 7 heteroatoms. The molecule has 0 bridgehead atoms. The Balaban J connectivity index is 1.88. The van der Waals surface area contributed by atoms with E-state index >= 15 is 0 Å². The maximum absolute atomic E-state index is 12.6. The Morgan fingerprint density at radius 3 is 2.88 bits per heavy atom. The molecule has 1 aliphatic carbocycles. The lowest BCUT2D eigenvalue weighted by Gasteiger charge is -2.41. The van der Waals surface area contributed by atoms with Crippen LogP contribution in [0.15, 0.2) is 29.9 Å². The van der Waals surface area contributed by atoms with Gasteiger partial charge in [0.2, 0.25) is 5.91 Å². The molecule has 2 aliphatic heterocycles. The first kappa shape index (κ1) is 15.1. The molecule has 3 heterocycles. The van der Waals surface area contributed by atoms with E-state index in [9.17, 15) is 9.59 Å². The summed E-state index contributed by atoms with van der Waals surface area (Å²) < 4.78 is 0. The topological polar surface area (TPSA) is 87.2 Å². The number of carbonyl (C=O) groups is 2. The second-order valence-corrected chi connectivity index (χ2v) is 6.64. The summed E-state index contributed by atoms with van der Waals surface area (Å²) in [5.74, 6) is -0.157. The number of hydrogen-bond acceptors (Lipinski definition) is 5. The minimum absolute atomic E-state index is 0.0298. The minimum Gasteiger partial charge on any atom is -0.382 e. The van der Waals surface area contributed by atoms with Gasteiger partial charge in [-0.2, -0.15) is 0 Å². The van der Waals surface area contributed by atoms with Crippen molar-refractivity contribution in [1.82, 2.24) is 25.5 Å². The van der Waals surface area contributed by atoms with Gasteiger partial charge in [-0.1, -0.05) is 12.8 Å². The Bertz CT molecular complexity index is 702. The maximum Gasteiger partial charge on any atom is 0.251 e. The Morgan fingerprint density at radius 1 is 1.29 bits per heavy atom. The van der Waals surface area contributed by atoms with Crippen LogP contribution in [0.25, 0.3) is 0 Å². The summed E-state index contributed by atoms with van der Waals surface area (Å²) in [6.45, 7) is 2.06. The van der Waals surface area contributed by atoms with Gasteiger partial charge in [-0.3, -0.25) is 19.6 Å². The number of aromatic nitrogens is 2. The highest BCUT2D eigenvalue weighted by Crippen LogP contribution is 2.39. The molecule has 0 aromatic carbocycles. The molecular weight excluding hydrogens is 306 g/mol. The van der Waals surface area contributed by atoms with Crippen LogP contribution >= 0.6 is 0 Å². The van der Waals surface area contributed by atoms with Gasteiger partial charge in [0.1, 0.15) is 6.04 Å². The molecule has 24 heavy (non-hydrogen) atoms. The van der Waals surface area contributed by atoms with Crippen LogP contribution in [0, 0.1) is 0 Å². The van der Waals surface area contributed by atoms with E-state index in [1.807, 2.05) is 4.90 Å². The number of nitrogens with one attached hydrogen (secondary N) is 2. The zero-order valence-electron chi connectivity index (χ0n) is 13.7. The van der Waals surface area contributed by atoms with Crippen molar-refractivity contribution in [3.63, 3.8) is 0 Å². The van der Waals surface area contributed by atoms with Crippen LogP contribution in [0.4, 0.5) is 0 Å². The molecule has 0 saturated heterocycles. The molecule has 2 N–H and O–H groups in total. The number of rotatable bonds is 1. The van der Waals surface area contributed by atoms with E-state index in [2.05, 4.69) is 20.6 Å². The number of carbonyl (C=O) groups excluding carboxylic acids is 2. The first-order chi connectivity index (χ1) is 11.7. The van der Waals surface area contributed by atoms with Crippen molar-refractivity contribution in [2.75, 3.05) is 6.54 Å². The van der Waals surface area contributed by atoms with E-state index in [0.29, 0.717) is 17.8 Å². The predicted octanol–water partition coefficient (Wildman–Crippen LogP) is 0.664. The second-order valence-electron chi connectivity index (χ2n) is 6.64. The van der Waals surface area contributed by atoms with Gasteiger partial charge in [-0.25, -0.2) is 0 Å². The van der Waals surface area contributed by atoms with Gasteiger partial charge in [0, 0.05) is 31.1 Å². The zero-order valence-corrected chi connectivity index (χ0v) is 13.7. The van der Waals surface area contributed by atoms with Crippen LogP contribution in [-0.2, 0) is 9.59 Å². The molecule has 1 saturated carbocycles. The smallest absolute Gasteiger partial charge is 0.251 e. The van der Waals surface area contributed by atoms with Gasteiger partial charge in [-0.05, 0) is 12.8 Å². The van der Waals surface area contributed by atoms with E-state index in [4.69, 9.17) is 0 Å². The summed E-state index contributed by atoms with van der Waals surface area (Å²) >= 11 is 0. The fraction of sp³-hybridized carbons (Fsp3) is 0.529. The third-order valence-electron chi connectivity index (χ3n) is 5.22. The third-order valence-corrected chi connectivity index (χ3v) is 5.22. The monoisotopic (exact) mass is 327 g/mol. The molecule has 126 valence electrons. The highest BCUT2D eigenvalue weighted by molar-refractivity contribution is 5.99. The summed E-state index contributed by atoms with van der Waals surface area (Å²) in [4.78, 5) is 35.5. The van der Waals surface area contributed by atoms with Gasteiger partial charge in [0.05, 0.1) is 30.1 Å². The molecule has 2 amide bonds. The Hall–Kier alpha value is -2.44. The fourth-order valence-corrected chi connectivity index (χ4v) is 4.24. The first-order valence-electron chi connectivity index (χ1n) is 8.49. The van der Waals surface area contributed by atoms with Gasteiger partial charge < -0.3 is 15.5 Å². The van der Waals surface area contributed by atoms with Gasteiger partial charge in [-0.15, -0.1) is 0 Å². The van der Waals surface area contributed by atoms with E-state index in [1.54, 1.807) is 25.5 Å². The number of hydrogen-bond donors (Lipinski definition) is 2. The SMILES string of the molecule is CC(=O)N1C(c2cnccn2)C2=C(CNC2=O)NC2CCCCC21. The normalized spacial score (nSPS) is 29.3. The lowest BCUT2D eigenvalue weighted by Crippen LogP contribution is -2.53. The highest BCUT2D eigenvalue weighted by atomic mass is 16.2. The van der Waals surface area contributed by atoms with Crippen LogP contribution in [0.3, 0.4) is 0 Å². The quantitative estimate of drug-likeness (QED) is 0.791. The number of nitrogens with zero attached hydrogens (tertiary/aromatic N) is 3. The number of fused-ring (bicyclic) bond motifs is 1. The summed E-state index contributed by atoms with van der Waals surface area (Å²) in [5, 5.41) is 6.43. The van der Waals surface area contributed by atoms with E-state index in [0.717, 1.165) is 31.4 Å². The van der Waals surface area contributed by atoms with Gasteiger partial charge >= 0.3 is 0 Å². The number of amides is 2. The standard InChI is InChI=1S/C17H21N5O2/c1-10(23)22-14-5-3-2-4-11(14)21-12-9-20-17(24)15(12)16(22)13-8-18-6-7-19-13/h6-8,11,14,16,21H,2-5,9H2,1H3,(H,20,24). The lowest BCUT2D eigenvalue weighted by atomic mass is 9.88.